The van der Waals surface area contributed by atoms with E-state index in [1.807, 2.05) is 6.07 Å². The van der Waals surface area contributed by atoms with Gasteiger partial charge in [-0.1, -0.05) is 44.7 Å². The molecule has 2 nitrogen and oxygen atoms in total. The van der Waals surface area contributed by atoms with E-state index < -0.39 is 0 Å². The van der Waals surface area contributed by atoms with E-state index in [4.69, 9.17) is 9.47 Å². The second-order valence-electron chi connectivity index (χ2n) is 5.84. The van der Waals surface area contributed by atoms with Crippen LogP contribution in [0.2, 0.25) is 0 Å². The zero-order chi connectivity index (χ0) is 13.6. The van der Waals surface area contributed by atoms with E-state index in [1.54, 1.807) is 0 Å². The van der Waals surface area contributed by atoms with Crippen LogP contribution in [0.5, 0.6) is 5.75 Å². The first-order valence-electron chi connectivity index (χ1n) is 7.57. The van der Waals surface area contributed by atoms with Crippen molar-refractivity contribution in [3.05, 3.63) is 29.8 Å². The van der Waals surface area contributed by atoms with Gasteiger partial charge in [0.15, 0.2) is 0 Å². The molecule has 1 unspecified atom stereocenters. The molecule has 1 atom stereocenters. The molecule has 1 heterocycles. The van der Waals surface area contributed by atoms with Crippen molar-refractivity contribution in [3.63, 3.8) is 0 Å². The first kappa shape index (κ1) is 14.4. The summed E-state index contributed by atoms with van der Waals surface area (Å²) < 4.78 is 11.1. The lowest BCUT2D eigenvalue weighted by Crippen LogP contribution is -2.16. The Morgan fingerprint density at radius 3 is 2.74 bits per heavy atom. The van der Waals surface area contributed by atoms with Gasteiger partial charge in [0.2, 0.25) is 0 Å². The van der Waals surface area contributed by atoms with Crippen molar-refractivity contribution in [1.82, 2.24) is 0 Å². The molecule has 0 N–H and O–H groups in total. The summed E-state index contributed by atoms with van der Waals surface area (Å²) in [5.41, 5.74) is 1.35. The fourth-order valence-electron chi connectivity index (χ4n) is 2.17. The molecule has 0 radical (unpaired) electrons. The maximum Gasteiger partial charge on any atom is 0.123 e. The number of aryl methyl sites for hydroxylation is 1. The van der Waals surface area contributed by atoms with Crippen LogP contribution in [0.25, 0.3) is 0 Å². The van der Waals surface area contributed by atoms with Crippen LogP contribution in [0.15, 0.2) is 24.3 Å². The van der Waals surface area contributed by atoms with Gasteiger partial charge in [-0.05, 0) is 37.5 Å². The van der Waals surface area contributed by atoms with Gasteiger partial charge < -0.3 is 9.47 Å². The summed E-state index contributed by atoms with van der Waals surface area (Å²) in [4.78, 5) is 0. The van der Waals surface area contributed by atoms with E-state index in [1.165, 1.54) is 37.7 Å². The molecule has 2 rings (SSSR count). The zero-order valence-corrected chi connectivity index (χ0v) is 12.3. The molecule has 1 aliphatic rings. The largest absolute Gasteiger partial charge is 0.490 e. The molecule has 0 saturated carbocycles. The van der Waals surface area contributed by atoms with Crippen LogP contribution in [-0.2, 0) is 11.2 Å². The molecule has 1 aromatic rings. The van der Waals surface area contributed by atoms with E-state index in [0.29, 0.717) is 6.61 Å². The predicted octanol–water partition coefficient (Wildman–Crippen LogP) is 4.37. The Balaban J connectivity index is 1.71. The molecule has 1 aromatic carbocycles. The molecule has 0 aromatic heterocycles. The Kier molecular flexibility index (Phi) is 5.26. The minimum atomic E-state index is -0.0316. The minimum Gasteiger partial charge on any atom is -0.490 e. The average Bonchev–Trinajstić information content (AvgIpc) is 3.15. The first-order valence-corrected chi connectivity index (χ1v) is 7.57. The highest BCUT2D eigenvalue weighted by atomic mass is 16.6. The molecule has 0 bridgehead atoms. The minimum absolute atomic E-state index is 0.0316. The quantitative estimate of drug-likeness (QED) is 0.487. The normalized spacial score (nSPS) is 21.4. The van der Waals surface area contributed by atoms with Gasteiger partial charge >= 0.3 is 0 Å². The molecule has 1 saturated heterocycles. The summed E-state index contributed by atoms with van der Waals surface area (Å²) in [5.74, 6) is 0.975. The average molecular weight is 262 g/mol. The van der Waals surface area contributed by atoms with Crippen molar-refractivity contribution in [3.8, 4) is 5.75 Å². The van der Waals surface area contributed by atoms with Crippen molar-refractivity contribution in [1.29, 1.82) is 0 Å². The summed E-state index contributed by atoms with van der Waals surface area (Å²) in [6, 6.07) is 8.49. The van der Waals surface area contributed by atoms with E-state index in [9.17, 15) is 0 Å². The standard InChI is InChI=1S/C17H26O2/c1-3-4-5-6-7-9-15-10-8-11-16(12-15)18-13-17(2)14-19-17/h8,10-12H,3-7,9,13-14H2,1-2H3. The van der Waals surface area contributed by atoms with Gasteiger partial charge in [-0.15, -0.1) is 0 Å². The molecule has 2 heteroatoms. The van der Waals surface area contributed by atoms with Crippen LogP contribution in [0, 0.1) is 0 Å². The van der Waals surface area contributed by atoms with Crippen LogP contribution in [-0.4, -0.2) is 18.8 Å². The van der Waals surface area contributed by atoms with Crippen LogP contribution in [0.4, 0.5) is 0 Å². The van der Waals surface area contributed by atoms with Gasteiger partial charge in [-0.3, -0.25) is 0 Å². The first-order chi connectivity index (χ1) is 9.22. The van der Waals surface area contributed by atoms with E-state index in [2.05, 4.69) is 32.0 Å². The summed E-state index contributed by atoms with van der Waals surface area (Å²) in [7, 11) is 0. The topological polar surface area (TPSA) is 21.8 Å². The van der Waals surface area contributed by atoms with Crippen LogP contribution in [0.1, 0.15) is 51.5 Å². The molecule has 0 aliphatic carbocycles. The molecule has 1 fully saturated rings. The molecule has 1 aliphatic heterocycles. The summed E-state index contributed by atoms with van der Waals surface area (Å²) in [5, 5.41) is 0. The second-order valence-corrected chi connectivity index (χ2v) is 5.84. The molecule has 0 amide bonds. The van der Waals surface area contributed by atoms with Crippen LogP contribution >= 0.6 is 0 Å². The summed E-state index contributed by atoms with van der Waals surface area (Å²) in [6.45, 7) is 5.83. The molecule has 106 valence electrons. The molecule has 0 spiro atoms. The lowest BCUT2D eigenvalue weighted by molar-refractivity contribution is 0.202. The highest BCUT2D eigenvalue weighted by Crippen LogP contribution is 2.27. The number of epoxide rings is 1. The monoisotopic (exact) mass is 262 g/mol. The summed E-state index contributed by atoms with van der Waals surface area (Å²) in [6.07, 6.45) is 7.82. The predicted molar refractivity (Wildman–Crippen MR) is 78.8 cm³/mol. The van der Waals surface area contributed by atoms with Gasteiger partial charge in [0, 0.05) is 0 Å². The SMILES string of the molecule is CCCCCCCc1cccc(OCC2(C)CO2)c1. The zero-order valence-electron chi connectivity index (χ0n) is 12.3. The third-order valence-corrected chi connectivity index (χ3v) is 3.65. The number of hydrogen-bond donors (Lipinski definition) is 0. The molecular weight excluding hydrogens is 236 g/mol. The van der Waals surface area contributed by atoms with Gasteiger partial charge in [0.25, 0.3) is 0 Å². The maximum atomic E-state index is 5.79. The third kappa shape index (κ3) is 5.23. The highest BCUT2D eigenvalue weighted by Gasteiger charge is 2.40. The third-order valence-electron chi connectivity index (χ3n) is 3.65. The van der Waals surface area contributed by atoms with E-state index >= 15 is 0 Å². The van der Waals surface area contributed by atoms with Gasteiger partial charge in [0.05, 0.1) is 6.61 Å². The van der Waals surface area contributed by atoms with Gasteiger partial charge in [0.1, 0.15) is 18.0 Å². The fraction of sp³-hybridized carbons (Fsp3) is 0.647. The van der Waals surface area contributed by atoms with Crippen LogP contribution < -0.4 is 4.74 Å². The highest BCUT2D eigenvalue weighted by molar-refractivity contribution is 5.28. The fourth-order valence-corrected chi connectivity index (χ4v) is 2.17. The Labute approximate surface area is 117 Å². The van der Waals surface area contributed by atoms with E-state index in [-0.39, 0.29) is 5.60 Å². The summed E-state index contributed by atoms with van der Waals surface area (Å²) >= 11 is 0. The number of benzene rings is 1. The lowest BCUT2D eigenvalue weighted by atomic mass is 10.1. The van der Waals surface area contributed by atoms with Crippen molar-refractivity contribution in [2.75, 3.05) is 13.2 Å². The van der Waals surface area contributed by atoms with Crippen molar-refractivity contribution in [2.45, 2.75) is 58.0 Å². The van der Waals surface area contributed by atoms with Crippen molar-refractivity contribution < 1.29 is 9.47 Å². The molecular formula is C17H26O2. The van der Waals surface area contributed by atoms with E-state index in [0.717, 1.165) is 18.8 Å². The number of hydrogen-bond acceptors (Lipinski definition) is 2. The number of ether oxygens (including phenoxy) is 2. The second kappa shape index (κ2) is 6.95. The maximum absolute atomic E-state index is 5.79. The lowest BCUT2D eigenvalue weighted by Gasteiger charge is -2.10. The number of unbranched alkanes of at least 4 members (excludes halogenated alkanes) is 4. The smallest absolute Gasteiger partial charge is 0.123 e. The van der Waals surface area contributed by atoms with Crippen molar-refractivity contribution in [2.24, 2.45) is 0 Å². The Morgan fingerprint density at radius 1 is 1.21 bits per heavy atom. The Hall–Kier alpha value is -1.02. The Morgan fingerprint density at radius 2 is 2.00 bits per heavy atom. The van der Waals surface area contributed by atoms with Gasteiger partial charge in [-0.25, -0.2) is 0 Å². The van der Waals surface area contributed by atoms with Crippen molar-refractivity contribution >= 4 is 0 Å². The number of rotatable bonds is 9. The molecule has 19 heavy (non-hydrogen) atoms. The van der Waals surface area contributed by atoms with Crippen LogP contribution in [0.3, 0.4) is 0 Å². The Bertz CT molecular complexity index is 383. The van der Waals surface area contributed by atoms with Gasteiger partial charge in [-0.2, -0.15) is 0 Å².